The highest BCUT2D eigenvalue weighted by Crippen LogP contribution is 2.11. The Morgan fingerprint density at radius 2 is 1.40 bits per heavy atom. The summed E-state index contributed by atoms with van der Waals surface area (Å²) in [5.74, 6) is 0. The summed E-state index contributed by atoms with van der Waals surface area (Å²) < 4.78 is 0. The number of rotatable bonds is 14. The lowest BCUT2D eigenvalue weighted by molar-refractivity contribution is 0.284. The zero-order chi connectivity index (χ0) is 14.9. The summed E-state index contributed by atoms with van der Waals surface area (Å²) in [5, 5.41) is 8.74. The van der Waals surface area contributed by atoms with E-state index >= 15 is 0 Å². The van der Waals surface area contributed by atoms with Crippen LogP contribution >= 0.6 is 0 Å². The molecule has 0 aliphatic carbocycles. The number of aliphatic hydroxyl groups is 1. The smallest absolute Gasteiger partial charge is 0.0618 e. The molecule has 0 spiro atoms. The monoisotopic (exact) mass is 281 g/mol. The van der Waals surface area contributed by atoms with E-state index in [0.29, 0.717) is 0 Å². The molecular weight excluding hydrogens is 246 g/mol. The maximum absolute atomic E-state index is 8.74. The SMILES string of the molecule is CCCCCCCCCCCC/C=C\C=C/[C@@H](N)CO. The van der Waals surface area contributed by atoms with Crippen LogP contribution in [0.2, 0.25) is 0 Å². The Kier molecular flexibility index (Phi) is 16.0. The van der Waals surface area contributed by atoms with Gasteiger partial charge in [0.15, 0.2) is 0 Å². The molecule has 3 N–H and O–H groups in total. The van der Waals surface area contributed by atoms with Crippen LogP contribution in [0.5, 0.6) is 0 Å². The third kappa shape index (κ3) is 15.5. The van der Waals surface area contributed by atoms with E-state index in [1.807, 2.05) is 18.2 Å². The summed E-state index contributed by atoms with van der Waals surface area (Å²) in [4.78, 5) is 0. The number of aliphatic hydroxyl groups excluding tert-OH is 1. The molecule has 0 unspecified atom stereocenters. The number of nitrogens with two attached hydrogens (primary N) is 1. The second-order valence-electron chi connectivity index (χ2n) is 5.63. The summed E-state index contributed by atoms with van der Waals surface area (Å²) in [5.41, 5.74) is 5.55. The maximum atomic E-state index is 8.74. The molecule has 20 heavy (non-hydrogen) atoms. The molecule has 0 saturated carbocycles. The van der Waals surface area contributed by atoms with Crippen molar-refractivity contribution in [2.45, 2.75) is 83.6 Å². The molecule has 0 aliphatic heterocycles. The molecule has 118 valence electrons. The highest BCUT2D eigenvalue weighted by Gasteiger charge is 1.92. The molecule has 2 nitrogen and oxygen atoms in total. The highest BCUT2D eigenvalue weighted by atomic mass is 16.3. The van der Waals surface area contributed by atoms with Gasteiger partial charge in [0.1, 0.15) is 0 Å². The first-order valence-corrected chi connectivity index (χ1v) is 8.51. The minimum absolute atomic E-state index is 0.0167. The Morgan fingerprint density at radius 1 is 0.850 bits per heavy atom. The average molecular weight is 281 g/mol. The van der Waals surface area contributed by atoms with Crippen LogP contribution in [0.3, 0.4) is 0 Å². The Bertz CT molecular complexity index is 236. The molecule has 0 heterocycles. The largest absolute Gasteiger partial charge is 0.394 e. The van der Waals surface area contributed by atoms with Gasteiger partial charge in [0.05, 0.1) is 6.61 Å². The molecule has 0 aromatic heterocycles. The van der Waals surface area contributed by atoms with E-state index in [9.17, 15) is 0 Å². The minimum atomic E-state index is -0.225. The maximum Gasteiger partial charge on any atom is 0.0618 e. The van der Waals surface area contributed by atoms with Gasteiger partial charge in [-0.2, -0.15) is 0 Å². The Balaban J connectivity index is 3.16. The lowest BCUT2D eigenvalue weighted by Gasteiger charge is -2.01. The van der Waals surface area contributed by atoms with E-state index in [0.717, 1.165) is 6.42 Å². The van der Waals surface area contributed by atoms with Gasteiger partial charge >= 0.3 is 0 Å². The predicted molar refractivity (Wildman–Crippen MR) is 89.8 cm³/mol. The number of hydrogen-bond acceptors (Lipinski definition) is 2. The lowest BCUT2D eigenvalue weighted by Crippen LogP contribution is -2.20. The van der Waals surface area contributed by atoms with Crippen LogP contribution in [0.1, 0.15) is 77.6 Å². The van der Waals surface area contributed by atoms with E-state index in [4.69, 9.17) is 10.8 Å². The van der Waals surface area contributed by atoms with Crippen molar-refractivity contribution in [1.29, 1.82) is 0 Å². The highest BCUT2D eigenvalue weighted by molar-refractivity contribution is 5.05. The molecule has 0 radical (unpaired) electrons. The third-order valence-corrected chi connectivity index (χ3v) is 3.54. The van der Waals surface area contributed by atoms with Crippen molar-refractivity contribution in [2.75, 3.05) is 6.61 Å². The first kappa shape index (κ1) is 19.4. The van der Waals surface area contributed by atoms with Crippen LogP contribution in [0, 0.1) is 0 Å². The van der Waals surface area contributed by atoms with Crippen LogP contribution in [0.15, 0.2) is 24.3 Å². The fourth-order valence-corrected chi connectivity index (χ4v) is 2.19. The normalized spacial score (nSPS) is 13.6. The summed E-state index contributed by atoms with van der Waals surface area (Å²) in [6, 6.07) is -0.225. The molecule has 0 amide bonds. The minimum Gasteiger partial charge on any atom is -0.394 e. The third-order valence-electron chi connectivity index (χ3n) is 3.54. The van der Waals surface area contributed by atoms with Gasteiger partial charge in [-0.15, -0.1) is 0 Å². The van der Waals surface area contributed by atoms with Crippen molar-refractivity contribution in [3.05, 3.63) is 24.3 Å². The summed E-state index contributed by atoms with van der Waals surface area (Å²) >= 11 is 0. The zero-order valence-electron chi connectivity index (χ0n) is 13.4. The predicted octanol–water partition coefficient (Wildman–Crippen LogP) is 4.73. The second kappa shape index (κ2) is 16.5. The molecule has 0 aromatic rings. The fraction of sp³-hybridized carbons (Fsp3) is 0.778. The van der Waals surface area contributed by atoms with Crippen molar-refractivity contribution < 1.29 is 5.11 Å². The standard InChI is InChI=1S/C18H35NO/c1-2-3-4-5-6-7-8-9-10-11-12-13-14-15-16-18(19)17-20/h13-16,18,20H,2-12,17,19H2,1H3/b14-13-,16-15-/t18-/m1/s1. The molecule has 0 fully saturated rings. The summed E-state index contributed by atoms with van der Waals surface area (Å²) in [6.45, 7) is 2.29. The quantitative estimate of drug-likeness (QED) is 0.357. The van der Waals surface area contributed by atoms with Crippen LogP contribution in [0.4, 0.5) is 0 Å². The first-order chi connectivity index (χ1) is 9.81. The van der Waals surface area contributed by atoms with E-state index in [1.54, 1.807) is 0 Å². The number of unbranched alkanes of at least 4 members (excludes halogenated alkanes) is 10. The average Bonchev–Trinajstić information content (AvgIpc) is 2.47. The van der Waals surface area contributed by atoms with Crippen LogP contribution in [-0.2, 0) is 0 Å². The van der Waals surface area contributed by atoms with E-state index in [1.165, 1.54) is 64.2 Å². The van der Waals surface area contributed by atoms with Crippen LogP contribution in [-0.4, -0.2) is 17.8 Å². The van der Waals surface area contributed by atoms with E-state index < -0.39 is 0 Å². The Labute approximate surface area is 126 Å². The van der Waals surface area contributed by atoms with Crippen molar-refractivity contribution in [3.8, 4) is 0 Å². The molecule has 0 bridgehead atoms. The van der Waals surface area contributed by atoms with Crippen molar-refractivity contribution in [2.24, 2.45) is 5.73 Å². The summed E-state index contributed by atoms with van der Waals surface area (Å²) in [7, 11) is 0. The fourth-order valence-electron chi connectivity index (χ4n) is 2.19. The van der Waals surface area contributed by atoms with Gasteiger partial charge in [-0.05, 0) is 12.8 Å². The molecule has 0 aromatic carbocycles. The molecule has 0 aliphatic rings. The van der Waals surface area contributed by atoms with Crippen molar-refractivity contribution >= 4 is 0 Å². The van der Waals surface area contributed by atoms with Crippen molar-refractivity contribution in [1.82, 2.24) is 0 Å². The zero-order valence-corrected chi connectivity index (χ0v) is 13.4. The van der Waals surface area contributed by atoms with Crippen LogP contribution in [0.25, 0.3) is 0 Å². The molecule has 2 heteroatoms. The second-order valence-corrected chi connectivity index (χ2v) is 5.63. The van der Waals surface area contributed by atoms with Gasteiger partial charge in [-0.25, -0.2) is 0 Å². The van der Waals surface area contributed by atoms with E-state index in [2.05, 4.69) is 13.0 Å². The van der Waals surface area contributed by atoms with Gasteiger partial charge in [0.2, 0.25) is 0 Å². The van der Waals surface area contributed by atoms with Crippen LogP contribution < -0.4 is 5.73 Å². The first-order valence-electron chi connectivity index (χ1n) is 8.51. The van der Waals surface area contributed by atoms with Gasteiger partial charge in [0, 0.05) is 6.04 Å². The molecular formula is C18H35NO. The number of hydrogen-bond donors (Lipinski definition) is 2. The van der Waals surface area contributed by atoms with E-state index in [-0.39, 0.29) is 12.6 Å². The molecule has 0 saturated heterocycles. The number of allylic oxidation sites excluding steroid dienone is 3. The van der Waals surface area contributed by atoms with Gasteiger partial charge < -0.3 is 10.8 Å². The molecule has 0 rings (SSSR count). The molecule has 1 atom stereocenters. The Morgan fingerprint density at radius 3 is 1.95 bits per heavy atom. The topological polar surface area (TPSA) is 46.2 Å². The lowest BCUT2D eigenvalue weighted by atomic mass is 10.1. The summed E-state index contributed by atoms with van der Waals surface area (Å²) in [6.07, 6.45) is 23.0. The van der Waals surface area contributed by atoms with Gasteiger partial charge in [0.25, 0.3) is 0 Å². The van der Waals surface area contributed by atoms with Gasteiger partial charge in [-0.3, -0.25) is 0 Å². The Hall–Kier alpha value is -0.600. The van der Waals surface area contributed by atoms with Crippen molar-refractivity contribution in [3.63, 3.8) is 0 Å². The van der Waals surface area contributed by atoms with Gasteiger partial charge in [-0.1, -0.05) is 89.0 Å².